The molecule has 33 heavy (non-hydrogen) atoms. The summed E-state index contributed by atoms with van der Waals surface area (Å²) in [5, 5.41) is 9.75. The third kappa shape index (κ3) is 6.83. The second-order valence-corrected chi connectivity index (χ2v) is 9.95. The van der Waals surface area contributed by atoms with E-state index in [-0.39, 0.29) is 6.03 Å². The van der Waals surface area contributed by atoms with Gasteiger partial charge in [-0.25, -0.2) is 9.78 Å². The van der Waals surface area contributed by atoms with E-state index in [1.54, 1.807) is 6.20 Å². The van der Waals surface area contributed by atoms with Crippen LogP contribution in [0.1, 0.15) is 76.3 Å². The first-order valence-electron chi connectivity index (χ1n) is 12.2. The molecule has 2 aromatic rings. The molecule has 0 radical (unpaired) electrons. The summed E-state index contributed by atoms with van der Waals surface area (Å²) in [7, 11) is 3.96. The highest BCUT2D eigenvalue weighted by molar-refractivity contribution is 5.91. The van der Waals surface area contributed by atoms with Crippen molar-refractivity contribution < 1.29 is 4.79 Å². The van der Waals surface area contributed by atoms with Crippen LogP contribution in [0.2, 0.25) is 0 Å². The van der Waals surface area contributed by atoms with Crippen molar-refractivity contribution in [3.8, 4) is 0 Å². The van der Waals surface area contributed by atoms with Gasteiger partial charge in [0.15, 0.2) is 0 Å². The molecule has 0 spiro atoms. The van der Waals surface area contributed by atoms with Gasteiger partial charge in [0.25, 0.3) is 0 Å². The molecule has 1 aliphatic rings. The van der Waals surface area contributed by atoms with Crippen molar-refractivity contribution in [3.05, 3.63) is 41.6 Å². The lowest BCUT2D eigenvalue weighted by atomic mass is 9.86. The number of rotatable bonds is 8. The van der Waals surface area contributed by atoms with Crippen molar-refractivity contribution in [1.29, 1.82) is 0 Å². The van der Waals surface area contributed by atoms with Crippen LogP contribution in [0, 0.1) is 5.92 Å². The largest absolute Gasteiger partial charge is 0.363 e. The Kier molecular flexibility index (Phi) is 8.53. The number of para-hydroxylation sites is 1. The zero-order valence-corrected chi connectivity index (χ0v) is 21.0. The standard InChI is InChI=1S/C26H40N6O/c1-17(2)21-8-7-9-22(18(3)4)24(21)31-26(33)28-16-19-10-12-20(13-11-19)29-25-27-15-14-23(30-25)32(5)6/h7-9,14-15,17-20H,10-13,16H2,1-6H3,(H,27,29,30)(H2,28,31,33). The summed E-state index contributed by atoms with van der Waals surface area (Å²) in [6, 6.07) is 8.47. The Labute approximate surface area is 198 Å². The molecule has 7 nitrogen and oxygen atoms in total. The first kappa shape index (κ1) is 24.8. The Morgan fingerprint density at radius 3 is 2.24 bits per heavy atom. The number of nitrogens with one attached hydrogen (secondary N) is 3. The Balaban J connectivity index is 1.49. The van der Waals surface area contributed by atoms with Crippen molar-refractivity contribution in [3.63, 3.8) is 0 Å². The third-order valence-corrected chi connectivity index (χ3v) is 6.44. The van der Waals surface area contributed by atoms with E-state index in [4.69, 9.17) is 0 Å². The van der Waals surface area contributed by atoms with Crippen LogP contribution < -0.4 is 20.9 Å². The summed E-state index contributed by atoms with van der Waals surface area (Å²) in [6.07, 6.45) is 6.05. The number of carbonyl (C=O) groups excluding carboxylic acids is 1. The van der Waals surface area contributed by atoms with E-state index in [0.29, 0.717) is 36.3 Å². The summed E-state index contributed by atoms with van der Waals surface area (Å²) in [5.74, 6) is 2.78. The second-order valence-electron chi connectivity index (χ2n) is 9.95. The minimum absolute atomic E-state index is 0.112. The fourth-order valence-corrected chi connectivity index (χ4v) is 4.45. The monoisotopic (exact) mass is 452 g/mol. The lowest BCUT2D eigenvalue weighted by Crippen LogP contribution is -2.36. The van der Waals surface area contributed by atoms with E-state index in [2.05, 4.69) is 71.8 Å². The number of hydrogen-bond donors (Lipinski definition) is 3. The van der Waals surface area contributed by atoms with E-state index < -0.39 is 0 Å². The van der Waals surface area contributed by atoms with Crippen LogP contribution in [0.4, 0.5) is 22.2 Å². The number of nitrogens with zero attached hydrogens (tertiary/aromatic N) is 3. The number of benzene rings is 1. The van der Waals surface area contributed by atoms with E-state index in [1.165, 1.54) is 11.1 Å². The fraction of sp³-hybridized carbons (Fsp3) is 0.577. The van der Waals surface area contributed by atoms with Crippen molar-refractivity contribution in [2.45, 2.75) is 71.3 Å². The number of amides is 2. The smallest absolute Gasteiger partial charge is 0.319 e. The molecule has 3 rings (SSSR count). The fourth-order valence-electron chi connectivity index (χ4n) is 4.45. The number of anilines is 3. The zero-order chi connectivity index (χ0) is 24.0. The van der Waals surface area contributed by atoms with Gasteiger partial charge in [-0.3, -0.25) is 0 Å². The van der Waals surface area contributed by atoms with Crippen LogP contribution in [-0.4, -0.2) is 42.7 Å². The highest BCUT2D eigenvalue weighted by atomic mass is 16.2. The summed E-state index contributed by atoms with van der Waals surface area (Å²) >= 11 is 0. The normalized spacial score (nSPS) is 18.3. The Hall–Kier alpha value is -2.83. The molecule has 1 aromatic heterocycles. The van der Waals surface area contributed by atoms with E-state index >= 15 is 0 Å². The van der Waals surface area contributed by atoms with Gasteiger partial charge in [-0.1, -0.05) is 45.9 Å². The van der Waals surface area contributed by atoms with E-state index in [0.717, 1.165) is 37.2 Å². The molecule has 7 heteroatoms. The average molecular weight is 453 g/mol. The predicted octanol–water partition coefficient (Wildman–Crippen LogP) is 5.58. The van der Waals surface area contributed by atoms with Crippen LogP contribution in [-0.2, 0) is 0 Å². The Bertz CT molecular complexity index is 892. The van der Waals surface area contributed by atoms with Gasteiger partial charge >= 0.3 is 6.03 Å². The number of hydrogen-bond acceptors (Lipinski definition) is 5. The summed E-state index contributed by atoms with van der Waals surface area (Å²) in [6.45, 7) is 9.35. The minimum Gasteiger partial charge on any atom is -0.363 e. The molecule has 1 fully saturated rings. The number of urea groups is 1. The Morgan fingerprint density at radius 2 is 1.67 bits per heavy atom. The number of aromatic nitrogens is 2. The van der Waals surface area contributed by atoms with Gasteiger partial charge in [0.05, 0.1) is 0 Å². The van der Waals surface area contributed by atoms with Crippen LogP contribution in [0.15, 0.2) is 30.5 Å². The van der Waals surface area contributed by atoms with Gasteiger partial charge < -0.3 is 20.9 Å². The molecule has 1 aliphatic carbocycles. The summed E-state index contributed by atoms with van der Waals surface area (Å²) < 4.78 is 0. The molecule has 0 unspecified atom stereocenters. The van der Waals surface area contributed by atoms with Crippen molar-refractivity contribution in [2.24, 2.45) is 5.92 Å². The van der Waals surface area contributed by atoms with Crippen LogP contribution in [0.5, 0.6) is 0 Å². The van der Waals surface area contributed by atoms with Gasteiger partial charge in [0.1, 0.15) is 5.82 Å². The van der Waals surface area contributed by atoms with Crippen molar-refractivity contribution >= 4 is 23.5 Å². The zero-order valence-electron chi connectivity index (χ0n) is 21.0. The predicted molar refractivity (Wildman–Crippen MR) is 137 cm³/mol. The molecule has 0 aliphatic heterocycles. The topological polar surface area (TPSA) is 82.2 Å². The maximum absolute atomic E-state index is 12.7. The van der Waals surface area contributed by atoms with Crippen molar-refractivity contribution in [1.82, 2.24) is 15.3 Å². The van der Waals surface area contributed by atoms with Gasteiger partial charge in [0.2, 0.25) is 5.95 Å². The number of carbonyl (C=O) groups is 1. The average Bonchev–Trinajstić information content (AvgIpc) is 2.78. The molecule has 0 atom stereocenters. The molecule has 1 heterocycles. The molecule has 0 saturated heterocycles. The molecule has 3 N–H and O–H groups in total. The molecular formula is C26H40N6O. The summed E-state index contributed by atoms with van der Waals surface area (Å²) in [5.41, 5.74) is 3.33. The quantitative estimate of drug-likeness (QED) is 0.487. The molecule has 0 bridgehead atoms. The maximum atomic E-state index is 12.7. The van der Waals surface area contributed by atoms with Gasteiger partial charge in [-0.15, -0.1) is 0 Å². The van der Waals surface area contributed by atoms with Crippen LogP contribution in [0.25, 0.3) is 0 Å². The molecular weight excluding hydrogens is 412 g/mol. The second kappa shape index (κ2) is 11.3. The highest BCUT2D eigenvalue weighted by Gasteiger charge is 2.23. The van der Waals surface area contributed by atoms with Crippen molar-refractivity contribution in [2.75, 3.05) is 36.2 Å². The third-order valence-electron chi connectivity index (χ3n) is 6.44. The van der Waals surface area contributed by atoms with Gasteiger partial charge in [-0.2, -0.15) is 4.98 Å². The minimum atomic E-state index is -0.112. The maximum Gasteiger partial charge on any atom is 0.319 e. The summed E-state index contributed by atoms with van der Waals surface area (Å²) in [4.78, 5) is 23.6. The highest BCUT2D eigenvalue weighted by Crippen LogP contribution is 2.32. The SMILES string of the molecule is CC(C)c1cccc(C(C)C)c1NC(=O)NCC1CCC(Nc2nccc(N(C)C)n2)CC1. The first-order chi connectivity index (χ1) is 15.7. The van der Waals surface area contributed by atoms with E-state index in [1.807, 2.05) is 25.1 Å². The van der Waals surface area contributed by atoms with Gasteiger partial charge in [0, 0.05) is 38.6 Å². The van der Waals surface area contributed by atoms with Gasteiger partial charge in [-0.05, 0) is 60.6 Å². The molecule has 1 aromatic carbocycles. The molecule has 180 valence electrons. The first-order valence-corrected chi connectivity index (χ1v) is 12.2. The lowest BCUT2D eigenvalue weighted by Gasteiger charge is -2.29. The van der Waals surface area contributed by atoms with Crippen LogP contribution >= 0.6 is 0 Å². The Morgan fingerprint density at radius 1 is 1.03 bits per heavy atom. The molecule has 1 saturated carbocycles. The van der Waals surface area contributed by atoms with E-state index in [9.17, 15) is 4.79 Å². The molecule has 2 amide bonds. The van der Waals surface area contributed by atoms with Crippen LogP contribution in [0.3, 0.4) is 0 Å². The lowest BCUT2D eigenvalue weighted by molar-refractivity contribution is 0.246.